The average Bonchev–Trinajstić information content (AvgIpc) is 2.61. The minimum atomic E-state index is -0.219. The van der Waals surface area contributed by atoms with Crippen LogP contribution in [0.3, 0.4) is 0 Å². The quantitative estimate of drug-likeness (QED) is 0.832. The van der Waals surface area contributed by atoms with E-state index in [1.807, 2.05) is 4.90 Å². The van der Waals surface area contributed by atoms with Crippen LogP contribution in [0, 0.1) is 18.8 Å². The minimum absolute atomic E-state index is 0.0640. The molecule has 0 unspecified atom stereocenters. The number of nitrogens with one attached hydrogen (secondary N) is 2. The first-order valence-electron chi connectivity index (χ1n) is 9.63. The third-order valence-electron chi connectivity index (χ3n) is 5.43. The molecule has 1 saturated carbocycles. The van der Waals surface area contributed by atoms with E-state index in [4.69, 9.17) is 0 Å². The molecule has 2 aliphatic rings. The lowest BCUT2D eigenvalue weighted by Gasteiger charge is -2.35. The molecule has 7 heteroatoms. The summed E-state index contributed by atoms with van der Waals surface area (Å²) in [6.45, 7) is 3.24. The number of carbonyl (C=O) groups is 2. The highest BCUT2D eigenvalue weighted by Crippen LogP contribution is 2.27. The Morgan fingerprint density at radius 2 is 2.04 bits per heavy atom. The van der Waals surface area contributed by atoms with Gasteiger partial charge in [0.15, 0.2) is 0 Å². The number of nitrogens with zero attached hydrogens (tertiary/aromatic N) is 2. The van der Waals surface area contributed by atoms with Gasteiger partial charge in [0.05, 0.1) is 18.2 Å². The van der Waals surface area contributed by atoms with Crippen LogP contribution in [-0.4, -0.2) is 39.8 Å². The van der Waals surface area contributed by atoms with Crippen molar-refractivity contribution in [3.8, 4) is 0 Å². The van der Waals surface area contributed by atoms with E-state index in [2.05, 4.69) is 15.3 Å². The molecule has 26 heavy (non-hydrogen) atoms. The highest BCUT2D eigenvalue weighted by Gasteiger charge is 2.31. The fraction of sp³-hybridized carbons (Fsp3) is 0.684. The second kappa shape index (κ2) is 8.47. The van der Waals surface area contributed by atoms with E-state index in [1.165, 1.54) is 38.2 Å². The number of aromatic amines is 1. The molecule has 1 aromatic heterocycles. The fourth-order valence-electron chi connectivity index (χ4n) is 4.04. The predicted molar refractivity (Wildman–Crippen MR) is 97.3 cm³/mol. The molecular formula is C19H28N4O3. The van der Waals surface area contributed by atoms with Gasteiger partial charge in [-0.3, -0.25) is 14.4 Å². The first kappa shape index (κ1) is 18.6. The van der Waals surface area contributed by atoms with E-state index in [9.17, 15) is 14.4 Å². The van der Waals surface area contributed by atoms with Gasteiger partial charge in [0.2, 0.25) is 11.8 Å². The molecule has 1 aromatic rings. The van der Waals surface area contributed by atoms with Crippen LogP contribution in [0.2, 0.25) is 0 Å². The summed E-state index contributed by atoms with van der Waals surface area (Å²) in [5.41, 5.74) is 0.328. The van der Waals surface area contributed by atoms with E-state index in [-0.39, 0.29) is 29.8 Å². The number of carbonyl (C=O) groups excluding carboxylic acids is 2. The second-order valence-corrected chi connectivity index (χ2v) is 7.58. The van der Waals surface area contributed by atoms with Crippen molar-refractivity contribution in [1.82, 2.24) is 20.2 Å². The summed E-state index contributed by atoms with van der Waals surface area (Å²) in [7, 11) is 0. The topological polar surface area (TPSA) is 95.2 Å². The number of amides is 2. The minimum Gasteiger partial charge on any atom is -0.350 e. The lowest BCUT2D eigenvalue weighted by Crippen LogP contribution is -2.47. The Morgan fingerprint density at radius 3 is 2.77 bits per heavy atom. The van der Waals surface area contributed by atoms with Gasteiger partial charge in [-0.2, -0.15) is 0 Å². The molecule has 1 aliphatic heterocycles. The summed E-state index contributed by atoms with van der Waals surface area (Å²) in [4.78, 5) is 44.9. The SMILES string of the molecule is Cc1nc(CNC(=O)[C@@H]2CCC(=O)N(CC3CCCCC3)C2)cc(=O)[nH]1. The number of piperidine rings is 1. The highest BCUT2D eigenvalue weighted by atomic mass is 16.2. The summed E-state index contributed by atoms with van der Waals surface area (Å²) in [5.74, 6) is 1.04. The number of hydrogen-bond donors (Lipinski definition) is 2. The van der Waals surface area contributed by atoms with Gasteiger partial charge in [0, 0.05) is 25.6 Å². The van der Waals surface area contributed by atoms with Crippen molar-refractivity contribution in [3.63, 3.8) is 0 Å². The molecule has 7 nitrogen and oxygen atoms in total. The Labute approximate surface area is 153 Å². The summed E-state index contributed by atoms with van der Waals surface area (Å²) in [6.07, 6.45) is 7.20. The Morgan fingerprint density at radius 1 is 1.27 bits per heavy atom. The van der Waals surface area contributed by atoms with Gasteiger partial charge in [-0.1, -0.05) is 19.3 Å². The third-order valence-corrected chi connectivity index (χ3v) is 5.43. The van der Waals surface area contributed by atoms with Gasteiger partial charge in [-0.05, 0) is 32.1 Å². The lowest BCUT2D eigenvalue weighted by atomic mass is 9.87. The predicted octanol–water partition coefficient (Wildman–Crippen LogP) is 1.51. The fourth-order valence-corrected chi connectivity index (χ4v) is 4.04. The molecular weight excluding hydrogens is 332 g/mol. The molecule has 3 rings (SSSR count). The Kier molecular flexibility index (Phi) is 6.06. The van der Waals surface area contributed by atoms with Crippen molar-refractivity contribution in [3.05, 3.63) is 27.9 Å². The molecule has 1 atom stereocenters. The van der Waals surface area contributed by atoms with Crippen molar-refractivity contribution >= 4 is 11.8 Å². The summed E-state index contributed by atoms with van der Waals surface area (Å²) in [5, 5.41) is 2.87. The third kappa shape index (κ3) is 4.93. The molecule has 2 fully saturated rings. The molecule has 0 radical (unpaired) electrons. The van der Waals surface area contributed by atoms with Gasteiger partial charge in [-0.15, -0.1) is 0 Å². The normalized spacial score (nSPS) is 21.7. The van der Waals surface area contributed by atoms with Crippen LogP contribution in [0.5, 0.6) is 0 Å². The maximum absolute atomic E-state index is 12.5. The number of aromatic nitrogens is 2. The molecule has 1 aliphatic carbocycles. The van der Waals surface area contributed by atoms with Gasteiger partial charge in [0.1, 0.15) is 5.82 Å². The standard InChI is InChI=1S/C19H28N4O3/c1-13-21-16(9-17(24)22-13)10-20-19(26)15-7-8-18(25)23(12-15)11-14-5-3-2-4-6-14/h9,14-15H,2-8,10-12H2,1H3,(H,20,26)(H,21,22,24)/t15-/m1/s1. The number of aryl methyl sites for hydroxylation is 1. The van der Waals surface area contributed by atoms with Crippen LogP contribution in [0.15, 0.2) is 10.9 Å². The van der Waals surface area contributed by atoms with Gasteiger partial charge in [0.25, 0.3) is 5.56 Å². The average molecular weight is 360 g/mol. The lowest BCUT2D eigenvalue weighted by molar-refractivity contribution is -0.139. The molecule has 0 bridgehead atoms. The van der Waals surface area contributed by atoms with Gasteiger partial charge >= 0.3 is 0 Å². The second-order valence-electron chi connectivity index (χ2n) is 7.58. The van der Waals surface area contributed by atoms with Crippen LogP contribution in [0.4, 0.5) is 0 Å². The smallest absolute Gasteiger partial charge is 0.251 e. The Balaban J connectivity index is 1.53. The van der Waals surface area contributed by atoms with Crippen molar-refractivity contribution in [1.29, 1.82) is 0 Å². The van der Waals surface area contributed by atoms with Gasteiger partial charge in [-0.25, -0.2) is 4.98 Å². The Bertz CT molecular complexity index is 709. The monoisotopic (exact) mass is 360 g/mol. The van der Waals surface area contributed by atoms with Crippen LogP contribution in [0.1, 0.15) is 56.5 Å². The van der Waals surface area contributed by atoms with Crippen molar-refractivity contribution in [2.75, 3.05) is 13.1 Å². The molecule has 0 aromatic carbocycles. The van der Waals surface area contributed by atoms with E-state index < -0.39 is 0 Å². The van der Waals surface area contributed by atoms with E-state index >= 15 is 0 Å². The van der Waals surface area contributed by atoms with Crippen molar-refractivity contribution in [2.45, 2.75) is 58.4 Å². The molecule has 0 spiro atoms. The van der Waals surface area contributed by atoms with Crippen molar-refractivity contribution in [2.24, 2.45) is 11.8 Å². The molecule has 2 N–H and O–H groups in total. The van der Waals surface area contributed by atoms with Crippen LogP contribution in [-0.2, 0) is 16.1 Å². The summed E-state index contributed by atoms with van der Waals surface area (Å²) >= 11 is 0. The first-order chi connectivity index (χ1) is 12.5. The molecule has 142 valence electrons. The Hall–Kier alpha value is -2.18. The zero-order valence-electron chi connectivity index (χ0n) is 15.4. The number of rotatable bonds is 5. The van der Waals surface area contributed by atoms with Crippen LogP contribution >= 0.6 is 0 Å². The molecule has 1 saturated heterocycles. The number of H-pyrrole nitrogens is 1. The maximum Gasteiger partial charge on any atom is 0.251 e. The van der Waals surface area contributed by atoms with Crippen LogP contribution in [0.25, 0.3) is 0 Å². The highest BCUT2D eigenvalue weighted by molar-refractivity contribution is 5.83. The van der Waals surface area contributed by atoms with E-state index in [0.717, 1.165) is 6.54 Å². The number of likely N-dealkylation sites (tertiary alicyclic amines) is 1. The molecule has 2 amide bonds. The first-order valence-corrected chi connectivity index (χ1v) is 9.63. The van der Waals surface area contributed by atoms with Gasteiger partial charge < -0.3 is 15.2 Å². The summed E-state index contributed by atoms with van der Waals surface area (Å²) < 4.78 is 0. The zero-order valence-corrected chi connectivity index (χ0v) is 15.4. The van der Waals surface area contributed by atoms with E-state index in [0.29, 0.717) is 36.8 Å². The molecule has 2 heterocycles. The van der Waals surface area contributed by atoms with Crippen molar-refractivity contribution < 1.29 is 9.59 Å². The maximum atomic E-state index is 12.5. The van der Waals surface area contributed by atoms with Crippen LogP contribution < -0.4 is 10.9 Å². The largest absolute Gasteiger partial charge is 0.350 e. The number of hydrogen-bond acceptors (Lipinski definition) is 4. The van der Waals surface area contributed by atoms with E-state index in [1.54, 1.807) is 6.92 Å². The zero-order chi connectivity index (χ0) is 18.5. The summed E-state index contributed by atoms with van der Waals surface area (Å²) in [6, 6.07) is 1.40.